The second-order valence-electron chi connectivity index (χ2n) is 3.61. The number of ketones is 1. The zero-order valence-corrected chi connectivity index (χ0v) is 12.2. The molecule has 1 aromatic carbocycles. The summed E-state index contributed by atoms with van der Waals surface area (Å²) >= 11 is 10.7. The highest BCUT2D eigenvalue weighted by Crippen LogP contribution is 2.23. The fourth-order valence-corrected chi connectivity index (χ4v) is 2.84. The average Bonchev–Trinajstić information content (AvgIpc) is 2.67. The summed E-state index contributed by atoms with van der Waals surface area (Å²) in [5, 5.41) is 3.33. The second kappa shape index (κ2) is 5.29. The highest BCUT2D eigenvalue weighted by atomic mass is 79.9. The van der Waals surface area contributed by atoms with Crippen LogP contribution in [0.4, 0.5) is 0 Å². The lowest BCUT2D eigenvalue weighted by atomic mass is 10.1. The van der Waals surface area contributed by atoms with Gasteiger partial charge >= 0.3 is 0 Å². The maximum absolute atomic E-state index is 12.1. The summed E-state index contributed by atoms with van der Waals surface area (Å²) in [4.78, 5) is 16.4. The van der Waals surface area contributed by atoms with E-state index in [1.54, 1.807) is 18.2 Å². The predicted molar refractivity (Wildman–Crippen MR) is 74.0 cm³/mol. The molecule has 0 unspecified atom stereocenters. The topological polar surface area (TPSA) is 30.0 Å². The molecule has 0 aliphatic heterocycles. The number of aryl methyl sites for hydroxylation is 1. The lowest BCUT2D eigenvalue weighted by Crippen LogP contribution is -2.04. The van der Waals surface area contributed by atoms with E-state index in [1.165, 1.54) is 11.3 Å². The first-order chi connectivity index (χ1) is 8.06. The number of Topliss-reactive ketones (excluding diaryl/α,β-unsaturated/α-hetero) is 1. The minimum absolute atomic E-state index is 0.0220. The van der Waals surface area contributed by atoms with E-state index in [4.69, 9.17) is 11.6 Å². The Kier molecular flexibility index (Phi) is 3.97. The van der Waals surface area contributed by atoms with Crippen LogP contribution < -0.4 is 0 Å². The molecule has 0 saturated heterocycles. The van der Waals surface area contributed by atoms with Gasteiger partial charge in [-0.3, -0.25) is 4.79 Å². The van der Waals surface area contributed by atoms with E-state index < -0.39 is 0 Å². The molecule has 88 valence electrons. The Morgan fingerprint density at radius 3 is 2.94 bits per heavy atom. The number of thiazole rings is 1. The highest BCUT2D eigenvalue weighted by molar-refractivity contribution is 9.10. The van der Waals surface area contributed by atoms with Crippen LogP contribution in [0, 0.1) is 6.92 Å². The number of carbonyl (C=O) groups excluding carboxylic acids is 1. The molecule has 2 aromatic rings. The summed E-state index contributed by atoms with van der Waals surface area (Å²) in [7, 11) is 0. The van der Waals surface area contributed by atoms with Gasteiger partial charge in [0.2, 0.25) is 0 Å². The molecule has 0 radical (unpaired) electrons. The molecule has 0 N–H and O–H groups in total. The Balaban J connectivity index is 2.22. The number of benzene rings is 1. The van der Waals surface area contributed by atoms with Gasteiger partial charge in [0, 0.05) is 26.1 Å². The summed E-state index contributed by atoms with van der Waals surface area (Å²) in [5.74, 6) is 0.0220. The smallest absolute Gasteiger partial charge is 0.170 e. The molecule has 0 amide bonds. The van der Waals surface area contributed by atoms with Crippen molar-refractivity contribution in [2.24, 2.45) is 0 Å². The van der Waals surface area contributed by atoms with Crippen molar-refractivity contribution in [1.82, 2.24) is 4.98 Å². The largest absolute Gasteiger partial charge is 0.294 e. The van der Waals surface area contributed by atoms with Gasteiger partial charge in [0.05, 0.1) is 6.42 Å². The van der Waals surface area contributed by atoms with Gasteiger partial charge < -0.3 is 0 Å². The molecular formula is C12H9BrClNOS. The minimum Gasteiger partial charge on any atom is -0.294 e. The van der Waals surface area contributed by atoms with Crippen molar-refractivity contribution in [1.29, 1.82) is 0 Å². The van der Waals surface area contributed by atoms with Crippen LogP contribution in [-0.2, 0) is 6.42 Å². The number of aromatic nitrogens is 1. The zero-order chi connectivity index (χ0) is 12.4. The fourth-order valence-electron chi connectivity index (χ4n) is 1.43. The van der Waals surface area contributed by atoms with Gasteiger partial charge in [-0.05, 0) is 25.1 Å². The van der Waals surface area contributed by atoms with Crippen LogP contribution in [0.2, 0.25) is 5.02 Å². The molecule has 5 heteroatoms. The lowest BCUT2D eigenvalue weighted by molar-refractivity contribution is 0.0992. The van der Waals surface area contributed by atoms with E-state index >= 15 is 0 Å². The van der Waals surface area contributed by atoms with E-state index in [2.05, 4.69) is 20.9 Å². The first-order valence-electron chi connectivity index (χ1n) is 4.95. The zero-order valence-electron chi connectivity index (χ0n) is 9.04. The van der Waals surface area contributed by atoms with E-state index in [0.717, 1.165) is 15.2 Å². The van der Waals surface area contributed by atoms with Crippen molar-refractivity contribution >= 4 is 44.7 Å². The normalized spacial score (nSPS) is 10.5. The molecule has 0 aliphatic rings. The first-order valence-corrected chi connectivity index (χ1v) is 7.00. The molecule has 0 saturated carbocycles. The van der Waals surface area contributed by atoms with Crippen LogP contribution in [0.15, 0.2) is 28.1 Å². The highest BCUT2D eigenvalue weighted by Gasteiger charge is 2.13. The number of rotatable bonds is 3. The van der Waals surface area contributed by atoms with Crippen LogP contribution in [0.1, 0.15) is 21.1 Å². The molecule has 0 spiro atoms. The molecule has 0 aliphatic carbocycles. The molecule has 2 rings (SSSR count). The molecule has 0 fully saturated rings. The van der Waals surface area contributed by atoms with Crippen molar-refractivity contribution in [3.63, 3.8) is 0 Å². The summed E-state index contributed by atoms with van der Waals surface area (Å²) in [6, 6.07) is 5.20. The summed E-state index contributed by atoms with van der Waals surface area (Å²) < 4.78 is 0.764. The van der Waals surface area contributed by atoms with Crippen LogP contribution in [0.5, 0.6) is 0 Å². The van der Waals surface area contributed by atoms with E-state index in [9.17, 15) is 4.79 Å². The summed E-state index contributed by atoms with van der Waals surface area (Å²) in [5.41, 5.74) is 1.55. The molecule has 0 bridgehead atoms. The fraction of sp³-hybridized carbons (Fsp3) is 0.167. The monoisotopic (exact) mass is 329 g/mol. The Bertz CT molecular complexity index is 567. The Morgan fingerprint density at radius 2 is 2.29 bits per heavy atom. The molecule has 17 heavy (non-hydrogen) atoms. The minimum atomic E-state index is 0.0220. The molecular weight excluding hydrogens is 322 g/mol. The van der Waals surface area contributed by atoms with Crippen LogP contribution in [-0.4, -0.2) is 10.8 Å². The number of hydrogen-bond acceptors (Lipinski definition) is 3. The average molecular weight is 331 g/mol. The standard InChI is InChI=1S/C12H9BrClNOS/c1-7-6-17-12(15-7)5-11(16)9-4-8(14)2-3-10(9)13/h2-4,6H,5H2,1H3. The van der Waals surface area contributed by atoms with Gasteiger partial charge in [0.1, 0.15) is 5.01 Å². The van der Waals surface area contributed by atoms with Gasteiger partial charge in [-0.25, -0.2) is 4.98 Å². The Labute approximate surface area is 117 Å². The van der Waals surface area contributed by atoms with Crippen molar-refractivity contribution in [3.05, 3.63) is 49.3 Å². The third-order valence-corrected chi connectivity index (χ3v) is 4.10. The Hall–Kier alpha value is -0.710. The van der Waals surface area contributed by atoms with Gasteiger partial charge in [0.15, 0.2) is 5.78 Å². The van der Waals surface area contributed by atoms with Crippen molar-refractivity contribution < 1.29 is 4.79 Å². The number of carbonyl (C=O) groups is 1. The SMILES string of the molecule is Cc1csc(CC(=O)c2cc(Cl)ccc2Br)n1. The maximum Gasteiger partial charge on any atom is 0.170 e. The first kappa shape index (κ1) is 12.7. The van der Waals surface area contributed by atoms with E-state index in [1.807, 2.05) is 12.3 Å². The number of hydrogen-bond donors (Lipinski definition) is 0. The summed E-state index contributed by atoms with van der Waals surface area (Å²) in [6.45, 7) is 1.92. The number of nitrogens with zero attached hydrogens (tertiary/aromatic N) is 1. The lowest BCUT2D eigenvalue weighted by Gasteiger charge is -2.02. The van der Waals surface area contributed by atoms with Crippen molar-refractivity contribution in [2.45, 2.75) is 13.3 Å². The molecule has 0 atom stereocenters. The molecule has 1 heterocycles. The van der Waals surface area contributed by atoms with Gasteiger partial charge in [-0.1, -0.05) is 27.5 Å². The molecule has 2 nitrogen and oxygen atoms in total. The van der Waals surface area contributed by atoms with Gasteiger partial charge in [-0.15, -0.1) is 11.3 Å². The quantitative estimate of drug-likeness (QED) is 0.786. The summed E-state index contributed by atoms with van der Waals surface area (Å²) in [6.07, 6.45) is 0.317. The Morgan fingerprint density at radius 1 is 1.53 bits per heavy atom. The predicted octanol–water partition coefficient (Wildman–Crippen LogP) is 4.29. The second-order valence-corrected chi connectivity index (χ2v) is 5.84. The van der Waals surface area contributed by atoms with Crippen LogP contribution >= 0.6 is 38.9 Å². The van der Waals surface area contributed by atoms with Crippen LogP contribution in [0.25, 0.3) is 0 Å². The van der Waals surface area contributed by atoms with Crippen molar-refractivity contribution in [2.75, 3.05) is 0 Å². The number of halogens is 2. The maximum atomic E-state index is 12.1. The molecule has 1 aromatic heterocycles. The van der Waals surface area contributed by atoms with Crippen molar-refractivity contribution in [3.8, 4) is 0 Å². The van der Waals surface area contributed by atoms with Gasteiger partial charge in [-0.2, -0.15) is 0 Å². The van der Waals surface area contributed by atoms with Crippen LogP contribution in [0.3, 0.4) is 0 Å². The van der Waals surface area contributed by atoms with Gasteiger partial charge in [0.25, 0.3) is 0 Å². The van der Waals surface area contributed by atoms with E-state index in [0.29, 0.717) is 17.0 Å². The van der Waals surface area contributed by atoms with E-state index in [-0.39, 0.29) is 5.78 Å². The third-order valence-electron chi connectivity index (χ3n) is 2.21. The third kappa shape index (κ3) is 3.15.